The van der Waals surface area contributed by atoms with Gasteiger partial charge in [-0.3, -0.25) is 4.40 Å². The molecule has 0 aliphatic rings. The molecule has 3 aromatic rings. The average molecular weight is 193 g/mol. The van der Waals surface area contributed by atoms with Crippen molar-refractivity contribution in [1.82, 2.24) is 9.38 Å². The van der Waals surface area contributed by atoms with Crippen LogP contribution in [-0.2, 0) is 0 Å². The van der Waals surface area contributed by atoms with E-state index in [0.717, 1.165) is 16.6 Å². The molecule has 15 heavy (non-hydrogen) atoms. The normalized spacial score (nSPS) is 10.6. The van der Waals surface area contributed by atoms with Gasteiger partial charge in [0.25, 0.3) is 0 Å². The number of hydrogen-bond donors (Lipinski definition) is 0. The van der Waals surface area contributed by atoms with Crippen molar-refractivity contribution in [1.29, 1.82) is 5.26 Å². The molecule has 70 valence electrons. The van der Waals surface area contributed by atoms with E-state index in [2.05, 4.69) is 4.98 Å². The zero-order valence-corrected chi connectivity index (χ0v) is 7.88. The van der Waals surface area contributed by atoms with Crippen LogP contribution in [0, 0.1) is 11.3 Å². The second-order valence-corrected chi connectivity index (χ2v) is 3.36. The fraction of sp³-hybridized carbons (Fsp3) is 0. The van der Waals surface area contributed by atoms with Gasteiger partial charge in [-0.05, 0) is 23.6 Å². The van der Waals surface area contributed by atoms with Gasteiger partial charge in [-0.2, -0.15) is 5.26 Å². The van der Waals surface area contributed by atoms with Crippen LogP contribution in [0.3, 0.4) is 0 Å². The molecule has 0 unspecified atom stereocenters. The zero-order chi connectivity index (χ0) is 10.3. The van der Waals surface area contributed by atoms with Crippen LogP contribution in [0.5, 0.6) is 0 Å². The summed E-state index contributed by atoms with van der Waals surface area (Å²) in [6, 6.07) is 14.0. The lowest BCUT2D eigenvalue weighted by atomic mass is 10.2. The van der Waals surface area contributed by atoms with Gasteiger partial charge in [0.15, 0.2) is 5.69 Å². The number of imidazole rings is 1. The van der Waals surface area contributed by atoms with E-state index in [-0.39, 0.29) is 0 Å². The van der Waals surface area contributed by atoms with Crippen molar-refractivity contribution in [3.8, 4) is 6.07 Å². The first kappa shape index (κ1) is 8.01. The quantitative estimate of drug-likeness (QED) is 0.550. The fourth-order valence-electron chi connectivity index (χ4n) is 1.77. The largest absolute Gasteiger partial charge is 0.298 e. The summed E-state index contributed by atoms with van der Waals surface area (Å²) in [6.45, 7) is 0. The molecule has 1 aromatic carbocycles. The molecule has 2 heterocycles. The molecule has 0 saturated carbocycles. The van der Waals surface area contributed by atoms with E-state index >= 15 is 0 Å². The van der Waals surface area contributed by atoms with Gasteiger partial charge in [0.1, 0.15) is 11.7 Å². The Kier molecular flexibility index (Phi) is 1.51. The molecule has 0 aliphatic carbocycles. The van der Waals surface area contributed by atoms with E-state index in [1.165, 1.54) is 0 Å². The van der Waals surface area contributed by atoms with E-state index in [0.29, 0.717) is 5.69 Å². The Bertz CT molecular complexity index is 689. The van der Waals surface area contributed by atoms with Crippen molar-refractivity contribution in [2.24, 2.45) is 0 Å². The Hall–Kier alpha value is -2.34. The number of nitrogens with zero attached hydrogens (tertiary/aromatic N) is 3. The number of hydrogen-bond acceptors (Lipinski definition) is 2. The number of benzene rings is 1. The summed E-state index contributed by atoms with van der Waals surface area (Å²) in [6.07, 6.45) is 1.76. The Morgan fingerprint density at radius 3 is 2.87 bits per heavy atom. The SMILES string of the molecule is N#Cc1cn2c(ccc3ccccc32)n1. The van der Waals surface area contributed by atoms with Crippen LogP contribution in [0.25, 0.3) is 16.6 Å². The summed E-state index contributed by atoms with van der Waals surface area (Å²) < 4.78 is 1.94. The monoisotopic (exact) mass is 193 g/mol. The van der Waals surface area contributed by atoms with Crippen molar-refractivity contribution in [3.05, 3.63) is 48.3 Å². The molecular formula is C12H7N3. The molecule has 3 nitrogen and oxygen atoms in total. The number of fused-ring (bicyclic) bond motifs is 3. The highest BCUT2D eigenvalue weighted by Crippen LogP contribution is 2.16. The molecule has 0 atom stereocenters. The second-order valence-electron chi connectivity index (χ2n) is 3.36. The molecule has 0 amide bonds. The maximum atomic E-state index is 8.78. The fourth-order valence-corrected chi connectivity index (χ4v) is 1.77. The molecule has 0 bridgehead atoms. The first-order valence-electron chi connectivity index (χ1n) is 4.65. The highest BCUT2D eigenvalue weighted by atomic mass is 15.0. The molecule has 0 fully saturated rings. The molecular weight excluding hydrogens is 186 g/mol. The van der Waals surface area contributed by atoms with Gasteiger partial charge in [-0.25, -0.2) is 4.98 Å². The second kappa shape index (κ2) is 2.82. The summed E-state index contributed by atoms with van der Waals surface area (Å²) in [4.78, 5) is 4.18. The highest BCUT2D eigenvalue weighted by molar-refractivity contribution is 5.82. The molecule has 0 radical (unpaired) electrons. The summed E-state index contributed by atoms with van der Waals surface area (Å²) >= 11 is 0. The van der Waals surface area contributed by atoms with Gasteiger partial charge >= 0.3 is 0 Å². The summed E-state index contributed by atoms with van der Waals surface area (Å²) in [5.74, 6) is 0. The minimum atomic E-state index is 0.450. The van der Waals surface area contributed by atoms with Crippen molar-refractivity contribution in [2.75, 3.05) is 0 Å². The lowest BCUT2D eigenvalue weighted by molar-refractivity contribution is 1.26. The molecule has 2 aromatic heterocycles. The predicted molar refractivity (Wildman–Crippen MR) is 57.4 cm³/mol. The van der Waals surface area contributed by atoms with E-state index in [9.17, 15) is 0 Å². The van der Waals surface area contributed by atoms with Crippen LogP contribution >= 0.6 is 0 Å². The van der Waals surface area contributed by atoms with Crippen molar-refractivity contribution in [3.63, 3.8) is 0 Å². The van der Waals surface area contributed by atoms with Crippen LogP contribution in [0.1, 0.15) is 5.69 Å². The van der Waals surface area contributed by atoms with E-state index < -0.39 is 0 Å². The minimum Gasteiger partial charge on any atom is -0.298 e. The van der Waals surface area contributed by atoms with E-state index in [4.69, 9.17) is 5.26 Å². The number of pyridine rings is 1. The maximum Gasteiger partial charge on any atom is 0.159 e. The van der Waals surface area contributed by atoms with Crippen molar-refractivity contribution < 1.29 is 0 Å². The number of nitriles is 1. The third-order valence-electron chi connectivity index (χ3n) is 2.46. The molecule has 0 N–H and O–H groups in total. The molecule has 3 heteroatoms. The summed E-state index contributed by atoms with van der Waals surface area (Å²) in [7, 11) is 0. The molecule has 3 rings (SSSR count). The van der Waals surface area contributed by atoms with Crippen LogP contribution < -0.4 is 0 Å². The summed E-state index contributed by atoms with van der Waals surface area (Å²) in [5, 5.41) is 9.93. The van der Waals surface area contributed by atoms with Crippen LogP contribution in [0.15, 0.2) is 42.6 Å². The maximum absolute atomic E-state index is 8.78. The highest BCUT2D eigenvalue weighted by Gasteiger charge is 2.02. The van der Waals surface area contributed by atoms with Gasteiger partial charge in [-0.15, -0.1) is 0 Å². The smallest absolute Gasteiger partial charge is 0.159 e. The van der Waals surface area contributed by atoms with E-state index in [1.54, 1.807) is 6.20 Å². The predicted octanol–water partition coefficient (Wildman–Crippen LogP) is 2.36. The minimum absolute atomic E-state index is 0.450. The van der Waals surface area contributed by atoms with Crippen LogP contribution in [0.4, 0.5) is 0 Å². The Morgan fingerprint density at radius 1 is 1.13 bits per heavy atom. The lowest BCUT2D eigenvalue weighted by Crippen LogP contribution is -1.85. The standard InChI is InChI=1S/C12H7N3/c13-7-10-8-15-11-4-2-1-3-9(11)5-6-12(15)14-10/h1-6,8H. The van der Waals surface area contributed by atoms with Gasteiger partial charge in [-0.1, -0.05) is 18.2 Å². The Morgan fingerprint density at radius 2 is 2.00 bits per heavy atom. The first-order chi connectivity index (χ1) is 7.38. The first-order valence-corrected chi connectivity index (χ1v) is 4.65. The van der Waals surface area contributed by atoms with Gasteiger partial charge < -0.3 is 0 Å². The topological polar surface area (TPSA) is 41.1 Å². The molecule has 0 aliphatic heterocycles. The number of aromatic nitrogens is 2. The third kappa shape index (κ3) is 1.09. The molecule has 0 spiro atoms. The lowest BCUT2D eigenvalue weighted by Gasteiger charge is -1.99. The zero-order valence-electron chi connectivity index (χ0n) is 7.88. The van der Waals surface area contributed by atoms with Crippen LogP contribution in [0.2, 0.25) is 0 Å². The van der Waals surface area contributed by atoms with Crippen LogP contribution in [-0.4, -0.2) is 9.38 Å². The third-order valence-corrected chi connectivity index (χ3v) is 2.46. The van der Waals surface area contributed by atoms with E-state index in [1.807, 2.05) is 46.9 Å². The van der Waals surface area contributed by atoms with Gasteiger partial charge in [0, 0.05) is 6.20 Å². The molecule has 0 saturated heterocycles. The number of para-hydroxylation sites is 1. The van der Waals surface area contributed by atoms with Crippen molar-refractivity contribution >= 4 is 16.6 Å². The average Bonchev–Trinajstić information content (AvgIpc) is 2.72. The van der Waals surface area contributed by atoms with Crippen molar-refractivity contribution in [2.45, 2.75) is 0 Å². The van der Waals surface area contributed by atoms with Gasteiger partial charge in [0.2, 0.25) is 0 Å². The Labute approximate surface area is 86.2 Å². The van der Waals surface area contributed by atoms with Gasteiger partial charge in [0.05, 0.1) is 5.52 Å². The number of rotatable bonds is 0. The Balaban J connectivity index is 2.54. The summed E-state index contributed by atoms with van der Waals surface area (Å²) in [5.41, 5.74) is 2.33.